The van der Waals surface area contributed by atoms with Crippen LogP contribution in [0, 0.1) is 0 Å². The van der Waals surface area contributed by atoms with Crippen molar-refractivity contribution < 1.29 is 14.3 Å². The lowest BCUT2D eigenvalue weighted by molar-refractivity contribution is 0.0933. The lowest BCUT2D eigenvalue weighted by Crippen LogP contribution is -2.33. The number of rotatable bonds is 7. The second-order valence-corrected chi connectivity index (χ2v) is 7.74. The number of nitrogens with one attached hydrogen (secondary N) is 2. The van der Waals surface area contributed by atoms with Gasteiger partial charge in [-0.2, -0.15) is 0 Å². The number of carbonyl (C=O) groups is 2. The Labute approximate surface area is 171 Å². The van der Waals surface area contributed by atoms with Crippen molar-refractivity contribution in [2.45, 2.75) is 72.1 Å². The minimum atomic E-state index is -0.337. The predicted molar refractivity (Wildman–Crippen MR) is 113 cm³/mol. The van der Waals surface area contributed by atoms with Gasteiger partial charge in [0.1, 0.15) is 11.4 Å². The van der Waals surface area contributed by atoms with Gasteiger partial charge >= 0.3 is 0 Å². The number of anilines is 1. The largest absolute Gasteiger partial charge is 0.489 e. The summed E-state index contributed by atoms with van der Waals surface area (Å²) in [5.41, 5.74) is 1.79. The smallest absolute Gasteiger partial charge is 0.291 e. The molecule has 0 saturated heterocycles. The van der Waals surface area contributed by atoms with Crippen molar-refractivity contribution in [2.75, 3.05) is 5.32 Å². The van der Waals surface area contributed by atoms with Crippen LogP contribution in [0.1, 0.15) is 73.8 Å². The summed E-state index contributed by atoms with van der Waals surface area (Å²) in [7, 11) is 0. The van der Waals surface area contributed by atoms with E-state index in [1.54, 1.807) is 6.07 Å². The maximum Gasteiger partial charge on any atom is 0.291 e. The summed E-state index contributed by atoms with van der Waals surface area (Å²) in [6.07, 6.45) is 3.52. The molecule has 0 fully saturated rings. The summed E-state index contributed by atoms with van der Waals surface area (Å²) in [4.78, 5) is 30.2. The molecule has 0 saturated carbocycles. The Hall–Kier alpha value is -2.83. The third kappa shape index (κ3) is 4.78. The van der Waals surface area contributed by atoms with Crippen LogP contribution in [0.4, 0.5) is 5.69 Å². The number of imidazole rings is 1. The van der Waals surface area contributed by atoms with Gasteiger partial charge in [0.25, 0.3) is 11.8 Å². The van der Waals surface area contributed by atoms with Crippen molar-refractivity contribution >= 4 is 17.5 Å². The number of aromatic nitrogens is 2. The van der Waals surface area contributed by atoms with Gasteiger partial charge in [0, 0.05) is 12.6 Å². The molecule has 0 radical (unpaired) electrons. The number of amides is 2. The molecule has 7 heteroatoms. The monoisotopic (exact) mass is 398 g/mol. The molecule has 1 aromatic heterocycles. The Morgan fingerprint density at radius 3 is 2.66 bits per heavy atom. The minimum Gasteiger partial charge on any atom is -0.489 e. The Kier molecular flexibility index (Phi) is 6.56. The molecule has 2 heterocycles. The van der Waals surface area contributed by atoms with E-state index in [2.05, 4.69) is 15.6 Å². The molecule has 1 atom stereocenters. The van der Waals surface area contributed by atoms with Gasteiger partial charge in [0.2, 0.25) is 0 Å². The van der Waals surface area contributed by atoms with Gasteiger partial charge in [-0.25, -0.2) is 4.98 Å². The number of carbonyl (C=O) groups excluding carboxylic acids is 2. The van der Waals surface area contributed by atoms with Crippen molar-refractivity contribution in [2.24, 2.45) is 0 Å². The van der Waals surface area contributed by atoms with Gasteiger partial charge in [-0.1, -0.05) is 19.1 Å². The van der Waals surface area contributed by atoms with Crippen molar-refractivity contribution in [3.05, 3.63) is 41.5 Å². The van der Waals surface area contributed by atoms with Crippen LogP contribution in [0.2, 0.25) is 0 Å². The van der Waals surface area contributed by atoms with E-state index in [1.807, 2.05) is 50.5 Å². The summed E-state index contributed by atoms with van der Waals surface area (Å²) in [6.45, 7) is 8.53. The topological polar surface area (TPSA) is 85.2 Å². The van der Waals surface area contributed by atoms with Crippen LogP contribution in [0.25, 0.3) is 0 Å². The van der Waals surface area contributed by atoms with Crippen molar-refractivity contribution in [3.8, 4) is 5.75 Å². The van der Waals surface area contributed by atoms with Crippen molar-refractivity contribution in [1.29, 1.82) is 0 Å². The molecule has 0 aliphatic carbocycles. The van der Waals surface area contributed by atoms with E-state index in [4.69, 9.17) is 4.74 Å². The Bertz CT molecular complexity index is 888. The molecule has 2 amide bonds. The first kappa shape index (κ1) is 20.9. The molecule has 1 unspecified atom stereocenters. The van der Waals surface area contributed by atoms with Gasteiger partial charge in [-0.3, -0.25) is 9.59 Å². The van der Waals surface area contributed by atoms with E-state index in [0.717, 1.165) is 31.4 Å². The highest BCUT2D eigenvalue weighted by Gasteiger charge is 2.28. The highest BCUT2D eigenvalue weighted by Crippen LogP contribution is 2.27. The second-order valence-electron chi connectivity index (χ2n) is 7.74. The fraction of sp³-hybridized carbons (Fsp3) is 0.500. The second kappa shape index (κ2) is 9.11. The molecule has 3 rings (SSSR count). The van der Waals surface area contributed by atoms with Crippen LogP contribution >= 0.6 is 0 Å². The van der Waals surface area contributed by atoms with E-state index in [0.29, 0.717) is 23.7 Å². The zero-order valence-corrected chi connectivity index (χ0v) is 17.6. The maximum atomic E-state index is 13.1. The number of hydrogen-bond acceptors (Lipinski definition) is 4. The Morgan fingerprint density at radius 1 is 1.17 bits per heavy atom. The molecule has 0 bridgehead atoms. The zero-order chi connectivity index (χ0) is 21.0. The van der Waals surface area contributed by atoms with E-state index in [-0.39, 0.29) is 29.8 Å². The molecule has 7 nitrogen and oxygen atoms in total. The van der Waals surface area contributed by atoms with Gasteiger partial charge in [-0.05, 0) is 58.6 Å². The average molecular weight is 399 g/mol. The Morgan fingerprint density at radius 2 is 1.93 bits per heavy atom. The molecular formula is C22H30N4O3. The molecule has 0 spiro atoms. The van der Waals surface area contributed by atoms with Gasteiger partial charge in [0.05, 0.1) is 17.5 Å². The van der Waals surface area contributed by atoms with Crippen LogP contribution in [0.3, 0.4) is 0 Å². The molecule has 2 aromatic rings. The number of benzene rings is 1. The van der Waals surface area contributed by atoms with Crippen molar-refractivity contribution in [1.82, 2.24) is 14.9 Å². The maximum absolute atomic E-state index is 13.1. The summed E-state index contributed by atoms with van der Waals surface area (Å²) >= 11 is 0. The molecule has 2 N–H and O–H groups in total. The minimum absolute atomic E-state index is 0.0110. The highest BCUT2D eigenvalue weighted by molar-refractivity contribution is 6.04. The number of hydrogen-bond donors (Lipinski definition) is 2. The van der Waals surface area contributed by atoms with Crippen LogP contribution in [0.5, 0.6) is 5.75 Å². The molecule has 1 aliphatic rings. The summed E-state index contributed by atoms with van der Waals surface area (Å²) in [5.74, 6) is 0.326. The number of nitrogens with zero attached hydrogens (tertiary/aromatic N) is 2. The fourth-order valence-corrected chi connectivity index (χ4v) is 3.40. The molecule has 29 heavy (non-hydrogen) atoms. The van der Waals surface area contributed by atoms with Crippen LogP contribution in [-0.2, 0) is 13.0 Å². The third-order valence-corrected chi connectivity index (χ3v) is 5.02. The molecule has 156 valence electrons. The van der Waals surface area contributed by atoms with Crippen molar-refractivity contribution in [3.63, 3.8) is 0 Å². The van der Waals surface area contributed by atoms with Crippen LogP contribution in [0.15, 0.2) is 24.3 Å². The van der Waals surface area contributed by atoms with E-state index in [1.165, 1.54) is 0 Å². The molecule has 1 aliphatic heterocycles. The van der Waals surface area contributed by atoms with Gasteiger partial charge in [-0.15, -0.1) is 0 Å². The quantitative estimate of drug-likeness (QED) is 0.743. The Balaban J connectivity index is 1.89. The fourth-order valence-electron chi connectivity index (χ4n) is 3.40. The average Bonchev–Trinajstić information content (AvgIpc) is 3.09. The van der Waals surface area contributed by atoms with E-state index < -0.39 is 0 Å². The van der Waals surface area contributed by atoms with Crippen LogP contribution < -0.4 is 15.4 Å². The number of para-hydroxylation sites is 2. The molecule has 1 aromatic carbocycles. The number of fused-ring (bicyclic) bond motifs is 1. The first-order valence-corrected chi connectivity index (χ1v) is 10.4. The van der Waals surface area contributed by atoms with E-state index >= 15 is 0 Å². The van der Waals surface area contributed by atoms with Gasteiger partial charge in [0.15, 0.2) is 5.82 Å². The lowest BCUT2D eigenvalue weighted by atomic mass is 10.1. The first-order chi connectivity index (χ1) is 13.9. The lowest BCUT2D eigenvalue weighted by Gasteiger charge is -2.18. The highest BCUT2D eigenvalue weighted by atomic mass is 16.5. The van der Waals surface area contributed by atoms with E-state index in [9.17, 15) is 9.59 Å². The summed E-state index contributed by atoms with van der Waals surface area (Å²) in [6, 6.07) is 7.38. The van der Waals surface area contributed by atoms with Gasteiger partial charge < -0.3 is 19.9 Å². The van der Waals surface area contributed by atoms with Crippen LogP contribution in [-0.4, -0.2) is 33.5 Å². The predicted octanol–water partition coefficient (Wildman–Crippen LogP) is 3.79. The standard InChI is InChI=1S/C22H30N4O3/c1-5-15(4)23-21(27)19-17-11-8-9-13-26(17)20(25-19)22(28)24-16-10-6-7-12-18(16)29-14(2)3/h6-7,10,12,14-15H,5,8-9,11,13H2,1-4H3,(H,23,27)(H,24,28). The SMILES string of the molecule is CCC(C)NC(=O)c1nc(C(=O)Nc2ccccc2OC(C)C)n2c1CCCC2. The zero-order valence-electron chi connectivity index (χ0n) is 17.6. The summed E-state index contributed by atoms with van der Waals surface area (Å²) < 4.78 is 7.67. The first-order valence-electron chi connectivity index (χ1n) is 10.4. The number of ether oxygens (including phenoxy) is 1. The normalized spacial score (nSPS) is 14.2. The third-order valence-electron chi connectivity index (χ3n) is 5.02. The molecular weight excluding hydrogens is 368 g/mol. The summed E-state index contributed by atoms with van der Waals surface area (Å²) in [5, 5.41) is 5.87.